The summed E-state index contributed by atoms with van der Waals surface area (Å²) in [6, 6.07) is 6.98. The Labute approximate surface area is 132 Å². The maximum atomic E-state index is 11.2. The van der Waals surface area contributed by atoms with Crippen molar-refractivity contribution in [3.8, 4) is 0 Å². The van der Waals surface area contributed by atoms with Crippen LogP contribution in [0.15, 0.2) is 34.2 Å². The van der Waals surface area contributed by atoms with Gasteiger partial charge in [0, 0.05) is 23.4 Å². The highest BCUT2D eigenvalue weighted by Crippen LogP contribution is 2.43. The number of fused-ring (bicyclic) bond motifs is 1. The summed E-state index contributed by atoms with van der Waals surface area (Å²) in [5.74, 6) is 0.564. The van der Waals surface area contributed by atoms with E-state index in [2.05, 4.69) is 16.6 Å². The van der Waals surface area contributed by atoms with Gasteiger partial charge in [-0.1, -0.05) is 17.7 Å². The number of hydrogen-bond donors (Lipinski definition) is 2. The lowest BCUT2D eigenvalue weighted by Gasteiger charge is -2.30. The highest BCUT2D eigenvalue weighted by atomic mass is 33.1. The minimum Gasteiger partial charge on any atom is -0.258 e. The van der Waals surface area contributed by atoms with E-state index in [0.29, 0.717) is 17.2 Å². The number of rotatable bonds is 2. The molecule has 0 bridgehead atoms. The second kappa shape index (κ2) is 5.92. The molecule has 1 saturated heterocycles. The van der Waals surface area contributed by atoms with Crippen LogP contribution >= 0.6 is 21.8 Å². The molecule has 1 aliphatic carbocycles. The summed E-state index contributed by atoms with van der Waals surface area (Å²) >= 11 is 0. The maximum absolute atomic E-state index is 11.2. The summed E-state index contributed by atoms with van der Waals surface area (Å²) in [4.78, 5) is 4.80. The average molecular weight is 343 g/mol. The van der Waals surface area contributed by atoms with Gasteiger partial charge in [-0.05, 0) is 47.6 Å². The predicted octanol–water partition coefficient (Wildman–Crippen LogP) is 2.47. The molecule has 3 unspecified atom stereocenters. The standard InChI is InChI=1S/C13H17N3O2S3/c1-8-6-10(7-12-13(8)16-20-19-12)15-9-2-4-11(5-3-9)21(14,17)18/h2-5,8,12-13,16H,6-7H2,1H3,(H2,14,17,18). The fourth-order valence-electron chi connectivity index (χ4n) is 2.72. The van der Waals surface area contributed by atoms with Crippen molar-refractivity contribution < 1.29 is 8.42 Å². The fraction of sp³-hybridized carbons (Fsp3) is 0.462. The molecule has 0 radical (unpaired) electrons. The van der Waals surface area contributed by atoms with Crippen LogP contribution in [0.2, 0.25) is 0 Å². The van der Waals surface area contributed by atoms with Crippen molar-refractivity contribution >= 4 is 43.2 Å². The van der Waals surface area contributed by atoms with Gasteiger partial charge in [-0.25, -0.2) is 13.6 Å². The first kappa shape index (κ1) is 15.4. The van der Waals surface area contributed by atoms with Gasteiger partial charge in [0.15, 0.2) is 0 Å². The molecule has 0 spiro atoms. The van der Waals surface area contributed by atoms with E-state index < -0.39 is 10.0 Å². The van der Waals surface area contributed by atoms with Crippen LogP contribution in [0.3, 0.4) is 0 Å². The van der Waals surface area contributed by atoms with Crippen LogP contribution < -0.4 is 9.86 Å². The van der Waals surface area contributed by atoms with Crippen molar-refractivity contribution in [2.24, 2.45) is 16.0 Å². The van der Waals surface area contributed by atoms with Gasteiger partial charge in [0.2, 0.25) is 10.0 Å². The summed E-state index contributed by atoms with van der Waals surface area (Å²) in [7, 11) is -0.0297. The van der Waals surface area contributed by atoms with E-state index in [1.807, 2.05) is 10.8 Å². The maximum Gasteiger partial charge on any atom is 0.238 e. The van der Waals surface area contributed by atoms with E-state index >= 15 is 0 Å². The van der Waals surface area contributed by atoms with Crippen LogP contribution in [0.5, 0.6) is 0 Å². The van der Waals surface area contributed by atoms with Crippen molar-refractivity contribution in [2.75, 3.05) is 0 Å². The Morgan fingerprint density at radius 2 is 2.00 bits per heavy atom. The number of sulfonamides is 1. The first-order valence-corrected chi connectivity index (χ1v) is 10.5. The number of hydrogen-bond acceptors (Lipinski definition) is 6. The van der Waals surface area contributed by atoms with Gasteiger partial charge in [-0.2, -0.15) is 0 Å². The third kappa shape index (κ3) is 3.45. The molecule has 3 atom stereocenters. The van der Waals surface area contributed by atoms with Crippen molar-refractivity contribution in [3.05, 3.63) is 24.3 Å². The third-order valence-electron chi connectivity index (χ3n) is 3.82. The highest BCUT2D eigenvalue weighted by molar-refractivity contribution is 8.76. The van der Waals surface area contributed by atoms with Crippen LogP contribution in [0, 0.1) is 5.92 Å². The van der Waals surface area contributed by atoms with E-state index in [0.717, 1.165) is 18.5 Å². The minimum absolute atomic E-state index is 0.121. The molecule has 1 heterocycles. The van der Waals surface area contributed by atoms with Crippen LogP contribution in [0.4, 0.5) is 5.69 Å². The number of nitrogens with two attached hydrogens (primary N) is 1. The normalized spacial score (nSPS) is 31.3. The minimum atomic E-state index is -3.64. The molecular weight excluding hydrogens is 326 g/mol. The van der Waals surface area contributed by atoms with Gasteiger partial charge in [-0.3, -0.25) is 9.71 Å². The first-order valence-electron chi connectivity index (χ1n) is 6.70. The lowest BCUT2D eigenvalue weighted by Crippen LogP contribution is -2.41. The lowest BCUT2D eigenvalue weighted by molar-refractivity contribution is 0.416. The quantitative estimate of drug-likeness (QED) is 0.636. The number of primary sulfonamides is 1. The van der Waals surface area contributed by atoms with Gasteiger partial charge in [-0.15, -0.1) is 0 Å². The molecule has 114 valence electrons. The Hall–Kier alpha value is -0.540. The van der Waals surface area contributed by atoms with Crippen molar-refractivity contribution in [2.45, 2.75) is 36.0 Å². The van der Waals surface area contributed by atoms with Crippen molar-refractivity contribution in [1.82, 2.24) is 4.72 Å². The van der Waals surface area contributed by atoms with E-state index in [4.69, 9.17) is 5.14 Å². The van der Waals surface area contributed by atoms with Gasteiger partial charge in [0.05, 0.1) is 10.6 Å². The van der Waals surface area contributed by atoms with Gasteiger partial charge in [0.1, 0.15) is 0 Å². The zero-order valence-electron chi connectivity index (χ0n) is 11.5. The van der Waals surface area contributed by atoms with Crippen LogP contribution in [0.1, 0.15) is 19.8 Å². The Morgan fingerprint density at radius 3 is 2.67 bits per heavy atom. The van der Waals surface area contributed by atoms with E-state index in [1.165, 1.54) is 17.8 Å². The molecule has 0 aromatic heterocycles. The highest BCUT2D eigenvalue weighted by Gasteiger charge is 2.38. The Balaban J connectivity index is 1.79. The number of nitrogens with zero attached hydrogens (tertiary/aromatic N) is 1. The summed E-state index contributed by atoms with van der Waals surface area (Å²) in [6.45, 7) is 2.25. The van der Waals surface area contributed by atoms with E-state index in [9.17, 15) is 8.42 Å². The second-order valence-electron chi connectivity index (χ2n) is 5.46. The number of nitrogens with one attached hydrogen (secondary N) is 1. The molecular formula is C13H17N3O2S3. The van der Waals surface area contributed by atoms with E-state index in [-0.39, 0.29) is 4.90 Å². The molecule has 5 nitrogen and oxygen atoms in total. The molecule has 3 rings (SSSR count). The zero-order valence-corrected chi connectivity index (χ0v) is 14.0. The summed E-state index contributed by atoms with van der Waals surface area (Å²) in [5.41, 5.74) is 1.97. The van der Waals surface area contributed by atoms with Crippen LogP contribution in [0.25, 0.3) is 0 Å². The number of benzene rings is 1. The average Bonchev–Trinajstić information content (AvgIpc) is 2.87. The first-order chi connectivity index (χ1) is 9.93. The van der Waals surface area contributed by atoms with Crippen molar-refractivity contribution in [3.63, 3.8) is 0 Å². The molecule has 2 fully saturated rings. The Bertz CT molecular complexity index is 658. The second-order valence-corrected chi connectivity index (χ2v) is 9.30. The SMILES string of the molecule is CC1CC(=Nc2ccc(S(N)(=O)=O)cc2)CC2SSNC12. The Kier molecular flexibility index (Phi) is 4.33. The van der Waals surface area contributed by atoms with Crippen LogP contribution in [-0.4, -0.2) is 25.4 Å². The van der Waals surface area contributed by atoms with Crippen molar-refractivity contribution in [1.29, 1.82) is 0 Å². The topological polar surface area (TPSA) is 84.5 Å². The molecule has 1 aromatic rings. The van der Waals surface area contributed by atoms with Gasteiger partial charge >= 0.3 is 0 Å². The smallest absolute Gasteiger partial charge is 0.238 e. The molecule has 8 heteroatoms. The van der Waals surface area contributed by atoms with Crippen LogP contribution in [-0.2, 0) is 10.0 Å². The predicted molar refractivity (Wildman–Crippen MR) is 89.2 cm³/mol. The largest absolute Gasteiger partial charge is 0.258 e. The fourth-order valence-corrected chi connectivity index (χ4v) is 6.16. The molecule has 3 N–H and O–H groups in total. The third-order valence-corrected chi connectivity index (χ3v) is 7.24. The molecule has 21 heavy (non-hydrogen) atoms. The summed E-state index contributed by atoms with van der Waals surface area (Å²) in [5, 5.41) is 5.66. The summed E-state index contributed by atoms with van der Waals surface area (Å²) in [6.07, 6.45) is 1.96. The molecule has 2 aliphatic rings. The monoisotopic (exact) mass is 343 g/mol. The van der Waals surface area contributed by atoms with Gasteiger partial charge < -0.3 is 0 Å². The molecule has 1 aromatic carbocycles. The lowest BCUT2D eigenvalue weighted by atomic mass is 9.84. The molecule has 0 amide bonds. The number of aliphatic imine (C=N–C) groups is 1. The molecule has 1 saturated carbocycles. The molecule has 1 aliphatic heterocycles. The zero-order chi connectivity index (χ0) is 15.0. The van der Waals surface area contributed by atoms with E-state index in [1.54, 1.807) is 23.1 Å². The Morgan fingerprint density at radius 1 is 1.29 bits per heavy atom. The van der Waals surface area contributed by atoms with Gasteiger partial charge in [0.25, 0.3) is 0 Å². The summed E-state index contributed by atoms with van der Waals surface area (Å²) < 4.78 is 25.9.